The molecule has 0 radical (unpaired) electrons. The zero-order chi connectivity index (χ0) is 18.4. The van der Waals surface area contributed by atoms with Gasteiger partial charge in [0.1, 0.15) is 6.61 Å². The first-order chi connectivity index (χ1) is 12.6. The van der Waals surface area contributed by atoms with Crippen molar-refractivity contribution in [1.82, 2.24) is 20.0 Å². The lowest BCUT2D eigenvalue weighted by Crippen LogP contribution is -2.48. The molecular weight excluding hydrogens is 332 g/mol. The Bertz CT molecular complexity index is 704. The summed E-state index contributed by atoms with van der Waals surface area (Å²) in [6.45, 7) is 2.37. The average molecular weight is 358 g/mol. The van der Waals surface area contributed by atoms with Crippen LogP contribution in [-0.2, 0) is 27.9 Å². The van der Waals surface area contributed by atoms with Crippen LogP contribution in [0, 0.1) is 0 Å². The van der Waals surface area contributed by atoms with Crippen LogP contribution in [0.1, 0.15) is 17.3 Å². The van der Waals surface area contributed by atoms with Crippen LogP contribution in [0.4, 0.5) is 0 Å². The van der Waals surface area contributed by atoms with Crippen molar-refractivity contribution >= 4 is 5.91 Å². The molecule has 0 aliphatic carbocycles. The molecule has 1 aromatic carbocycles. The van der Waals surface area contributed by atoms with Crippen LogP contribution in [0.5, 0.6) is 0 Å². The highest BCUT2D eigenvalue weighted by Gasteiger charge is 2.31. The first kappa shape index (κ1) is 18.6. The molecule has 3 rings (SSSR count). The third-order valence-corrected chi connectivity index (χ3v) is 4.65. The van der Waals surface area contributed by atoms with E-state index in [1.807, 2.05) is 31.3 Å². The molecule has 2 heterocycles. The molecule has 0 bridgehead atoms. The van der Waals surface area contributed by atoms with Gasteiger partial charge in [-0.1, -0.05) is 30.3 Å². The standard InChI is InChI=1S/C19H26N4O3/c1-22-10-11-26-17(19(22)15-6-4-3-5-7-15)12-20-18(24)14-25-13-16-8-9-21-23(16)2/h3-9,17,19H,10-14H2,1-2H3,(H,20,24)/t17-,19-/m0/s1. The lowest BCUT2D eigenvalue weighted by molar-refractivity contribution is -0.128. The van der Waals surface area contributed by atoms with E-state index >= 15 is 0 Å². The quantitative estimate of drug-likeness (QED) is 0.803. The molecule has 1 aliphatic rings. The van der Waals surface area contributed by atoms with E-state index in [1.54, 1.807) is 10.9 Å². The summed E-state index contributed by atoms with van der Waals surface area (Å²) in [6.07, 6.45) is 1.62. The van der Waals surface area contributed by atoms with Gasteiger partial charge in [-0.15, -0.1) is 0 Å². The van der Waals surface area contributed by atoms with Gasteiger partial charge in [-0.25, -0.2) is 0 Å². The molecule has 0 unspecified atom stereocenters. The fourth-order valence-corrected chi connectivity index (χ4v) is 3.21. The van der Waals surface area contributed by atoms with Crippen molar-refractivity contribution < 1.29 is 14.3 Å². The Labute approximate surface area is 153 Å². The van der Waals surface area contributed by atoms with Gasteiger partial charge in [0.2, 0.25) is 5.91 Å². The zero-order valence-electron chi connectivity index (χ0n) is 15.3. The summed E-state index contributed by atoms with van der Waals surface area (Å²) in [7, 11) is 3.94. The highest BCUT2D eigenvalue weighted by Crippen LogP contribution is 2.27. The zero-order valence-corrected chi connectivity index (χ0v) is 15.3. The predicted molar refractivity (Wildman–Crippen MR) is 97.4 cm³/mol. The number of hydrogen-bond acceptors (Lipinski definition) is 5. The molecule has 2 aromatic rings. The fraction of sp³-hybridized carbons (Fsp3) is 0.474. The Hall–Kier alpha value is -2.22. The van der Waals surface area contributed by atoms with Gasteiger partial charge in [0.25, 0.3) is 0 Å². The number of amides is 1. The average Bonchev–Trinajstić information content (AvgIpc) is 3.06. The molecule has 1 saturated heterocycles. The summed E-state index contributed by atoms with van der Waals surface area (Å²) in [5, 5.41) is 7.00. The van der Waals surface area contributed by atoms with Crippen molar-refractivity contribution in [3.63, 3.8) is 0 Å². The molecule has 26 heavy (non-hydrogen) atoms. The summed E-state index contributed by atoms with van der Waals surface area (Å²) in [4.78, 5) is 14.4. The lowest BCUT2D eigenvalue weighted by Gasteiger charge is -2.39. The Morgan fingerprint density at radius 2 is 2.12 bits per heavy atom. The molecule has 7 heteroatoms. The Morgan fingerprint density at radius 1 is 1.31 bits per heavy atom. The molecule has 1 N–H and O–H groups in total. The molecular formula is C19H26N4O3. The number of rotatable bonds is 7. The van der Waals surface area contributed by atoms with E-state index in [0.717, 1.165) is 12.2 Å². The van der Waals surface area contributed by atoms with E-state index in [1.165, 1.54) is 5.56 Å². The second-order valence-corrected chi connectivity index (χ2v) is 6.49. The van der Waals surface area contributed by atoms with E-state index in [9.17, 15) is 4.79 Å². The van der Waals surface area contributed by atoms with E-state index in [0.29, 0.717) is 19.8 Å². The van der Waals surface area contributed by atoms with Crippen molar-refractivity contribution in [2.24, 2.45) is 7.05 Å². The number of aromatic nitrogens is 2. The summed E-state index contributed by atoms with van der Waals surface area (Å²) >= 11 is 0. The number of carbonyl (C=O) groups is 1. The molecule has 1 aromatic heterocycles. The lowest BCUT2D eigenvalue weighted by atomic mass is 9.98. The van der Waals surface area contributed by atoms with Crippen LogP contribution in [0.2, 0.25) is 0 Å². The van der Waals surface area contributed by atoms with E-state index in [-0.39, 0.29) is 24.7 Å². The van der Waals surface area contributed by atoms with Gasteiger partial charge in [0.05, 0.1) is 31.1 Å². The first-order valence-electron chi connectivity index (χ1n) is 8.83. The second kappa shape index (κ2) is 8.93. The smallest absolute Gasteiger partial charge is 0.246 e. The van der Waals surface area contributed by atoms with Gasteiger partial charge >= 0.3 is 0 Å². The van der Waals surface area contributed by atoms with Gasteiger partial charge in [0.15, 0.2) is 0 Å². The first-order valence-corrected chi connectivity index (χ1v) is 8.83. The monoisotopic (exact) mass is 358 g/mol. The number of nitrogens with one attached hydrogen (secondary N) is 1. The summed E-state index contributed by atoms with van der Waals surface area (Å²) in [5.41, 5.74) is 2.13. The van der Waals surface area contributed by atoms with E-state index in [4.69, 9.17) is 9.47 Å². The highest BCUT2D eigenvalue weighted by molar-refractivity contribution is 5.77. The molecule has 1 aliphatic heterocycles. The number of morpholine rings is 1. The van der Waals surface area contributed by atoms with Gasteiger partial charge in [-0.2, -0.15) is 5.10 Å². The van der Waals surface area contributed by atoms with Crippen molar-refractivity contribution in [3.05, 3.63) is 53.9 Å². The molecule has 1 amide bonds. The number of aryl methyl sites for hydroxylation is 1. The number of ether oxygens (including phenoxy) is 2. The molecule has 0 saturated carbocycles. The number of carbonyl (C=O) groups excluding carboxylic acids is 1. The highest BCUT2D eigenvalue weighted by atomic mass is 16.5. The van der Waals surface area contributed by atoms with E-state index in [2.05, 4.69) is 34.5 Å². The number of benzene rings is 1. The Balaban J connectivity index is 1.49. The minimum absolute atomic E-state index is 0.0176. The van der Waals surface area contributed by atoms with Gasteiger partial charge in [-0.05, 0) is 18.7 Å². The Kier molecular flexibility index (Phi) is 6.38. The maximum Gasteiger partial charge on any atom is 0.246 e. The molecule has 7 nitrogen and oxygen atoms in total. The van der Waals surface area contributed by atoms with Crippen LogP contribution in [0.3, 0.4) is 0 Å². The molecule has 2 atom stereocenters. The van der Waals surface area contributed by atoms with E-state index < -0.39 is 0 Å². The van der Waals surface area contributed by atoms with Crippen molar-refractivity contribution in [1.29, 1.82) is 0 Å². The van der Waals surface area contributed by atoms with Gasteiger partial charge in [-0.3, -0.25) is 14.4 Å². The van der Waals surface area contributed by atoms with Crippen LogP contribution in [-0.4, -0.2) is 60.0 Å². The summed E-state index contributed by atoms with van der Waals surface area (Å²) in [6, 6.07) is 12.3. The number of hydrogen-bond donors (Lipinski definition) is 1. The van der Waals surface area contributed by atoms with Crippen LogP contribution in [0.15, 0.2) is 42.6 Å². The van der Waals surface area contributed by atoms with Crippen LogP contribution in [0.25, 0.3) is 0 Å². The summed E-state index contributed by atoms with van der Waals surface area (Å²) in [5.74, 6) is -0.143. The largest absolute Gasteiger partial charge is 0.373 e. The van der Waals surface area contributed by atoms with Crippen molar-refractivity contribution in [2.45, 2.75) is 18.8 Å². The van der Waals surface area contributed by atoms with Gasteiger partial charge < -0.3 is 14.8 Å². The summed E-state index contributed by atoms with van der Waals surface area (Å²) < 4.78 is 13.1. The maximum atomic E-state index is 12.1. The third kappa shape index (κ3) is 4.69. The Morgan fingerprint density at radius 3 is 2.85 bits per heavy atom. The number of nitrogens with zero attached hydrogens (tertiary/aromatic N) is 3. The van der Waals surface area contributed by atoms with Crippen LogP contribution < -0.4 is 5.32 Å². The topological polar surface area (TPSA) is 68.6 Å². The molecule has 1 fully saturated rings. The third-order valence-electron chi connectivity index (χ3n) is 4.65. The minimum Gasteiger partial charge on any atom is -0.373 e. The fourth-order valence-electron chi connectivity index (χ4n) is 3.21. The molecule has 0 spiro atoms. The second-order valence-electron chi connectivity index (χ2n) is 6.49. The number of likely N-dealkylation sites (N-methyl/N-ethyl adjacent to an activating group) is 1. The van der Waals surface area contributed by atoms with Gasteiger partial charge in [0, 0.05) is 26.3 Å². The predicted octanol–water partition coefficient (Wildman–Crippen LogP) is 1.12. The maximum absolute atomic E-state index is 12.1. The van der Waals surface area contributed by atoms with Crippen LogP contribution >= 0.6 is 0 Å². The van der Waals surface area contributed by atoms with Crippen molar-refractivity contribution in [2.75, 3.05) is 33.4 Å². The minimum atomic E-state index is -0.143. The van der Waals surface area contributed by atoms with Crippen molar-refractivity contribution in [3.8, 4) is 0 Å². The normalized spacial score (nSPS) is 20.8. The molecule has 140 valence electrons. The SMILES string of the molecule is CN1CCO[C@@H](CNC(=O)COCc2ccnn2C)[C@@H]1c1ccccc1.